The molecule has 2 amide bonds. The number of anilines is 1. The molecule has 0 saturated heterocycles. The summed E-state index contributed by atoms with van der Waals surface area (Å²) in [6, 6.07) is 19.5. The number of H-pyrrole nitrogens is 1. The highest BCUT2D eigenvalue weighted by Crippen LogP contribution is 2.40. The Labute approximate surface area is 248 Å². The zero-order valence-corrected chi connectivity index (χ0v) is 23.9. The molecule has 5 rings (SSSR count). The number of fused-ring (bicyclic) bond motifs is 3. The molecule has 0 radical (unpaired) electrons. The van der Waals surface area contributed by atoms with Crippen LogP contribution in [-0.4, -0.2) is 59.6 Å². The van der Waals surface area contributed by atoms with E-state index in [4.69, 9.17) is 31.5 Å². The molecule has 3 aromatic carbocycles. The maximum absolute atomic E-state index is 13.5. The second-order valence-corrected chi connectivity index (χ2v) is 10.4. The number of carbonyl (C=O) groups excluding carboxylic acids is 2. The third-order valence-electron chi connectivity index (χ3n) is 7.08. The van der Waals surface area contributed by atoms with Gasteiger partial charge in [-0.1, -0.05) is 23.7 Å². The van der Waals surface area contributed by atoms with E-state index in [1.165, 1.54) is 0 Å². The lowest BCUT2D eigenvalue weighted by Crippen LogP contribution is -2.42. The highest BCUT2D eigenvalue weighted by molar-refractivity contribution is 6.31. The van der Waals surface area contributed by atoms with Gasteiger partial charge in [-0.3, -0.25) is 4.90 Å². The fraction of sp³-hybridized carbons (Fsp3) is 0.290. The van der Waals surface area contributed by atoms with Crippen molar-refractivity contribution < 1.29 is 28.9 Å². The molecular weight excluding hydrogens is 560 g/mol. The second kappa shape index (κ2) is 13.1. The molecule has 4 aromatic rings. The lowest BCUT2D eigenvalue weighted by atomic mass is 9.92. The molecule has 1 aliphatic heterocycles. The first-order chi connectivity index (χ1) is 20.3. The average Bonchev–Trinajstić information content (AvgIpc) is 3.35. The zero-order valence-electron chi connectivity index (χ0n) is 23.1. The van der Waals surface area contributed by atoms with Crippen LogP contribution in [0.4, 0.5) is 15.3 Å². The number of nitrogens with zero attached hydrogens (tertiary/aromatic N) is 1. The van der Waals surface area contributed by atoms with Crippen molar-refractivity contribution in [3.05, 3.63) is 88.6 Å². The number of alkyl carbamates (subject to hydrolysis) is 1. The summed E-state index contributed by atoms with van der Waals surface area (Å²) in [5.74, 6) is 1.02. The molecule has 42 heavy (non-hydrogen) atoms. The number of hydrogen-bond donors (Lipinski definition) is 4. The van der Waals surface area contributed by atoms with Gasteiger partial charge in [0.05, 0.1) is 19.3 Å². The number of aromatic nitrogens is 1. The Hall–Kier alpha value is -4.41. The summed E-state index contributed by atoms with van der Waals surface area (Å²) in [7, 11) is 0. The van der Waals surface area contributed by atoms with Crippen molar-refractivity contribution in [2.24, 2.45) is 0 Å². The molecule has 0 bridgehead atoms. The molecule has 0 spiro atoms. The van der Waals surface area contributed by atoms with Crippen LogP contribution < -0.4 is 20.5 Å². The first-order valence-electron chi connectivity index (χ1n) is 13.8. The van der Waals surface area contributed by atoms with Gasteiger partial charge in [-0.25, -0.2) is 9.59 Å². The molecule has 1 aliphatic rings. The number of carbonyl (C=O) groups is 2. The van der Waals surface area contributed by atoms with Gasteiger partial charge in [-0.05, 0) is 79.1 Å². The Morgan fingerprint density at radius 2 is 1.86 bits per heavy atom. The SMILES string of the molecule is CCOC(=O)NCC(O)CCOc1ccc(C2c3[nH]c4ccc(Cl)cc4c3CCN2C(=O)Oc2ccc(N)cc2)cc1. The van der Waals surface area contributed by atoms with Crippen molar-refractivity contribution in [3.63, 3.8) is 0 Å². The predicted molar refractivity (Wildman–Crippen MR) is 160 cm³/mol. The van der Waals surface area contributed by atoms with Crippen LogP contribution >= 0.6 is 11.6 Å². The fourth-order valence-electron chi connectivity index (χ4n) is 5.04. The first kappa shape index (κ1) is 29.1. The van der Waals surface area contributed by atoms with E-state index in [9.17, 15) is 14.7 Å². The van der Waals surface area contributed by atoms with Gasteiger partial charge >= 0.3 is 12.2 Å². The van der Waals surface area contributed by atoms with Crippen LogP contribution in [0.2, 0.25) is 5.02 Å². The Kier molecular flexibility index (Phi) is 9.04. The minimum atomic E-state index is -0.773. The van der Waals surface area contributed by atoms with E-state index >= 15 is 0 Å². The molecule has 220 valence electrons. The van der Waals surface area contributed by atoms with Crippen LogP contribution in [0.25, 0.3) is 10.9 Å². The summed E-state index contributed by atoms with van der Waals surface area (Å²) < 4.78 is 16.3. The van der Waals surface area contributed by atoms with E-state index in [0.717, 1.165) is 27.7 Å². The number of amides is 2. The van der Waals surface area contributed by atoms with Gasteiger partial charge in [0.1, 0.15) is 17.5 Å². The van der Waals surface area contributed by atoms with Crippen LogP contribution in [-0.2, 0) is 11.2 Å². The van der Waals surface area contributed by atoms with Crippen LogP contribution in [0.3, 0.4) is 0 Å². The lowest BCUT2D eigenvalue weighted by molar-refractivity contribution is 0.120. The number of halogens is 1. The number of nitrogen functional groups attached to an aromatic ring is 1. The largest absolute Gasteiger partial charge is 0.493 e. The number of aromatic amines is 1. The average molecular weight is 593 g/mol. The highest BCUT2D eigenvalue weighted by Gasteiger charge is 2.35. The van der Waals surface area contributed by atoms with Crippen LogP contribution in [0.5, 0.6) is 11.5 Å². The van der Waals surface area contributed by atoms with Crippen molar-refractivity contribution in [1.82, 2.24) is 15.2 Å². The summed E-state index contributed by atoms with van der Waals surface area (Å²) >= 11 is 6.31. The van der Waals surface area contributed by atoms with E-state index < -0.39 is 24.3 Å². The zero-order chi connectivity index (χ0) is 29.6. The minimum Gasteiger partial charge on any atom is -0.493 e. The Morgan fingerprint density at radius 3 is 2.60 bits per heavy atom. The van der Waals surface area contributed by atoms with Crippen molar-refractivity contribution >= 4 is 40.4 Å². The molecular formula is C31H33ClN4O6. The van der Waals surface area contributed by atoms with Crippen LogP contribution in [0, 0.1) is 0 Å². The summed E-state index contributed by atoms with van der Waals surface area (Å²) in [5.41, 5.74) is 10.2. The smallest absolute Gasteiger partial charge is 0.416 e. The Morgan fingerprint density at radius 1 is 1.12 bits per heavy atom. The van der Waals surface area contributed by atoms with Crippen molar-refractivity contribution in [3.8, 4) is 11.5 Å². The molecule has 0 fully saturated rings. The summed E-state index contributed by atoms with van der Waals surface area (Å²) in [6.45, 7) is 2.74. The van der Waals surface area contributed by atoms with Crippen molar-refractivity contribution in [2.75, 3.05) is 32.0 Å². The summed E-state index contributed by atoms with van der Waals surface area (Å²) in [4.78, 5) is 30.1. The topological polar surface area (TPSA) is 139 Å². The number of nitrogens with one attached hydrogen (secondary N) is 2. The van der Waals surface area contributed by atoms with E-state index in [1.54, 1.807) is 36.1 Å². The van der Waals surface area contributed by atoms with Gasteiger partial charge in [0, 0.05) is 46.8 Å². The highest BCUT2D eigenvalue weighted by atomic mass is 35.5. The molecule has 1 aromatic heterocycles. The second-order valence-electron chi connectivity index (χ2n) is 9.95. The standard InChI is InChI=1S/C31H33ClN4O6/c1-2-40-30(38)34-18-22(37)14-16-41-23-8-3-19(4-9-23)29-28-25(26-17-20(32)5-12-27(26)35-28)13-15-36(29)31(39)42-24-10-6-21(33)7-11-24/h3-12,17,22,29,35,37H,2,13-16,18,33H2,1H3,(H,34,38). The fourth-order valence-corrected chi connectivity index (χ4v) is 5.22. The normalized spacial score (nSPS) is 15.1. The molecule has 5 N–H and O–H groups in total. The first-order valence-corrected chi connectivity index (χ1v) is 14.2. The maximum Gasteiger partial charge on any atom is 0.416 e. The molecule has 11 heteroatoms. The molecule has 0 saturated carbocycles. The van der Waals surface area contributed by atoms with Gasteiger partial charge in [-0.2, -0.15) is 0 Å². The number of aliphatic hydroxyl groups is 1. The summed E-state index contributed by atoms with van der Waals surface area (Å²) in [5, 5.41) is 14.3. The lowest BCUT2D eigenvalue weighted by Gasteiger charge is -2.35. The quantitative estimate of drug-likeness (QED) is 0.190. The van der Waals surface area contributed by atoms with Gasteiger partial charge < -0.3 is 35.4 Å². The third-order valence-corrected chi connectivity index (χ3v) is 7.32. The predicted octanol–water partition coefficient (Wildman–Crippen LogP) is 5.43. The molecule has 2 unspecified atom stereocenters. The van der Waals surface area contributed by atoms with Gasteiger partial charge in [0.2, 0.25) is 0 Å². The van der Waals surface area contributed by atoms with Gasteiger partial charge in [0.25, 0.3) is 0 Å². The number of nitrogens with two attached hydrogens (primary N) is 1. The van der Waals surface area contributed by atoms with E-state index in [0.29, 0.717) is 41.6 Å². The van der Waals surface area contributed by atoms with Crippen LogP contribution in [0.15, 0.2) is 66.7 Å². The summed E-state index contributed by atoms with van der Waals surface area (Å²) in [6.07, 6.45) is -0.855. The maximum atomic E-state index is 13.5. The van der Waals surface area contributed by atoms with Gasteiger partial charge in [0.15, 0.2) is 0 Å². The Bertz CT molecular complexity index is 1540. The monoisotopic (exact) mass is 592 g/mol. The van der Waals surface area contributed by atoms with Gasteiger partial charge in [-0.15, -0.1) is 0 Å². The number of benzene rings is 3. The van der Waals surface area contributed by atoms with Crippen molar-refractivity contribution in [1.29, 1.82) is 0 Å². The number of hydrogen-bond acceptors (Lipinski definition) is 7. The number of ether oxygens (including phenoxy) is 3. The molecule has 2 atom stereocenters. The van der Waals surface area contributed by atoms with E-state index in [1.807, 2.05) is 42.5 Å². The number of aliphatic hydroxyl groups excluding tert-OH is 1. The molecule has 2 heterocycles. The van der Waals surface area contributed by atoms with E-state index in [-0.39, 0.29) is 19.8 Å². The van der Waals surface area contributed by atoms with Crippen molar-refractivity contribution in [2.45, 2.75) is 31.9 Å². The number of rotatable bonds is 9. The molecule has 0 aliphatic carbocycles. The minimum absolute atomic E-state index is 0.0726. The molecule has 10 nitrogen and oxygen atoms in total. The van der Waals surface area contributed by atoms with E-state index in [2.05, 4.69) is 10.3 Å². The van der Waals surface area contributed by atoms with Crippen LogP contribution in [0.1, 0.15) is 36.2 Å². The third kappa shape index (κ3) is 6.72. The Balaban J connectivity index is 1.33.